The van der Waals surface area contributed by atoms with Crippen molar-refractivity contribution in [1.82, 2.24) is 9.71 Å². The molecule has 28 heavy (non-hydrogen) atoms. The molecule has 1 N–H and O–H groups in total. The number of nitrogens with zero attached hydrogens (tertiary/aromatic N) is 1. The Balaban J connectivity index is 1.72. The Kier molecular flexibility index (Phi) is 5.92. The molecule has 0 saturated heterocycles. The second-order valence-corrected chi connectivity index (χ2v) is 8.62. The van der Waals surface area contributed by atoms with Gasteiger partial charge in [-0.15, -0.1) is 11.8 Å². The monoisotopic (exact) mass is 430 g/mol. The second-order valence-electron chi connectivity index (χ2n) is 5.72. The summed E-state index contributed by atoms with van der Waals surface area (Å²) in [6, 6.07) is 11.7. The summed E-state index contributed by atoms with van der Waals surface area (Å²) < 4.78 is 78.8. The van der Waals surface area contributed by atoms with Gasteiger partial charge < -0.3 is 0 Å². The summed E-state index contributed by atoms with van der Waals surface area (Å²) in [5, 5.41) is 0.557. The molecule has 1 aromatic heterocycles. The van der Waals surface area contributed by atoms with Crippen LogP contribution in [0.1, 0.15) is 5.69 Å². The van der Waals surface area contributed by atoms with Crippen molar-refractivity contribution in [3.05, 3.63) is 66.1 Å². The number of sulfonamides is 1. The van der Waals surface area contributed by atoms with Crippen LogP contribution in [0.5, 0.6) is 0 Å². The van der Waals surface area contributed by atoms with E-state index in [2.05, 4.69) is 9.71 Å². The summed E-state index contributed by atoms with van der Waals surface area (Å²) >= 11 is 1.09. The largest absolute Gasteiger partial charge is 0.433 e. The highest BCUT2D eigenvalue weighted by Crippen LogP contribution is 2.34. The zero-order valence-electron chi connectivity index (χ0n) is 14.2. The van der Waals surface area contributed by atoms with Gasteiger partial charge in [0.05, 0.1) is 10.4 Å². The molecule has 3 aromatic rings. The number of benzene rings is 2. The molecule has 0 radical (unpaired) electrons. The van der Waals surface area contributed by atoms with Gasteiger partial charge in [0.1, 0.15) is 11.5 Å². The number of alkyl halides is 3. The molecule has 0 bridgehead atoms. The van der Waals surface area contributed by atoms with E-state index in [1.807, 2.05) is 0 Å². The van der Waals surface area contributed by atoms with E-state index in [-0.39, 0.29) is 22.7 Å². The Bertz CT molecular complexity index is 1080. The standard InChI is InChI=1S/C18H14F4N2O2S2/c19-12-5-7-13(8-6-12)28(25,26)23-9-10-27-16-11-17(18(20,21)22)24-15-4-2-1-3-14(15)16/h1-8,11,23H,9-10H2. The van der Waals surface area contributed by atoms with Crippen molar-refractivity contribution in [3.8, 4) is 0 Å². The molecule has 0 atom stereocenters. The quantitative estimate of drug-likeness (QED) is 0.356. The van der Waals surface area contributed by atoms with Gasteiger partial charge in [-0.3, -0.25) is 0 Å². The molecule has 1 heterocycles. The highest BCUT2D eigenvalue weighted by atomic mass is 32.2. The zero-order valence-corrected chi connectivity index (χ0v) is 15.8. The number of nitrogens with one attached hydrogen (secondary N) is 1. The molecule has 0 amide bonds. The summed E-state index contributed by atoms with van der Waals surface area (Å²) in [5.74, 6) is -0.356. The fourth-order valence-electron chi connectivity index (χ4n) is 2.44. The van der Waals surface area contributed by atoms with E-state index in [4.69, 9.17) is 0 Å². The average Bonchev–Trinajstić information content (AvgIpc) is 2.64. The molecule has 4 nitrogen and oxygen atoms in total. The van der Waals surface area contributed by atoms with Crippen molar-refractivity contribution < 1.29 is 26.0 Å². The number of thioether (sulfide) groups is 1. The molecule has 0 aliphatic heterocycles. The summed E-state index contributed by atoms with van der Waals surface area (Å²) in [6.07, 6.45) is -4.58. The minimum absolute atomic E-state index is 0.0115. The van der Waals surface area contributed by atoms with E-state index in [0.29, 0.717) is 10.3 Å². The van der Waals surface area contributed by atoms with Crippen LogP contribution >= 0.6 is 11.8 Å². The maximum atomic E-state index is 13.1. The molecular weight excluding hydrogens is 416 g/mol. The molecule has 3 rings (SSSR count). The van der Waals surface area contributed by atoms with Crippen LogP contribution < -0.4 is 4.72 Å². The first-order chi connectivity index (χ1) is 13.2. The van der Waals surface area contributed by atoms with Gasteiger partial charge >= 0.3 is 6.18 Å². The van der Waals surface area contributed by atoms with Crippen LogP contribution in [0.4, 0.5) is 17.6 Å². The summed E-state index contributed by atoms with van der Waals surface area (Å²) in [4.78, 5) is 3.91. The number of pyridine rings is 1. The van der Waals surface area contributed by atoms with Gasteiger partial charge in [-0.05, 0) is 36.4 Å². The van der Waals surface area contributed by atoms with Gasteiger partial charge in [0.2, 0.25) is 10.0 Å². The normalized spacial score (nSPS) is 12.4. The number of hydrogen-bond acceptors (Lipinski definition) is 4. The Morgan fingerprint density at radius 2 is 1.71 bits per heavy atom. The fourth-order valence-corrected chi connectivity index (χ4v) is 4.55. The molecular formula is C18H14F4N2O2S2. The van der Waals surface area contributed by atoms with Crippen LogP contribution in [0, 0.1) is 5.82 Å². The van der Waals surface area contributed by atoms with Gasteiger partial charge in [-0.25, -0.2) is 22.5 Å². The van der Waals surface area contributed by atoms with Crippen molar-refractivity contribution in [1.29, 1.82) is 0 Å². The third-order valence-corrected chi connectivity index (χ3v) is 6.28. The minimum Gasteiger partial charge on any atom is -0.243 e. The average molecular weight is 430 g/mol. The van der Waals surface area contributed by atoms with Crippen LogP contribution in [0.25, 0.3) is 10.9 Å². The van der Waals surface area contributed by atoms with Crippen molar-refractivity contribution in [2.75, 3.05) is 12.3 Å². The van der Waals surface area contributed by atoms with Gasteiger partial charge in [-0.1, -0.05) is 18.2 Å². The van der Waals surface area contributed by atoms with Gasteiger partial charge in [-0.2, -0.15) is 13.2 Å². The van der Waals surface area contributed by atoms with Gasteiger partial charge in [0.25, 0.3) is 0 Å². The number of halogens is 4. The van der Waals surface area contributed by atoms with E-state index in [1.54, 1.807) is 18.2 Å². The Labute approximate surface area is 163 Å². The summed E-state index contributed by atoms with van der Waals surface area (Å²) in [6.45, 7) is -0.0115. The lowest BCUT2D eigenvalue weighted by molar-refractivity contribution is -0.141. The molecule has 0 spiro atoms. The third-order valence-electron chi connectivity index (χ3n) is 3.74. The number of fused-ring (bicyclic) bond motifs is 1. The highest BCUT2D eigenvalue weighted by Gasteiger charge is 2.33. The maximum Gasteiger partial charge on any atom is 0.433 e. The maximum absolute atomic E-state index is 13.1. The highest BCUT2D eigenvalue weighted by molar-refractivity contribution is 7.99. The van der Waals surface area contributed by atoms with E-state index >= 15 is 0 Å². The smallest absolute Gasteiger partial charge is 0.243 e. The molecule has 10 heteroatoms. The molecule has 2 aromatic carbocycles. The van der Waals surface area contributed by atoms with Crippen LogP contribution in [0.3, 0.4) is 0 Å². The van der Waals surface area contributed by atoms with Gasteiger partial charge in [0, 0.05) is 22.6 Å². The summed E-state index contributed by atoms with van der Waals surface area (Å²) in [5.41, 5.74) is -0.785. The van der Waals surface area contributed by atoms with Crippen LogP contribution in [0.15, 0.2) is 64.4 Å². The number of hydrogen-bond donors (Lipinski definition) is 1. The number of rotatable bonds is 6. The molecule has 0 aliphatic rings. The topological polar surface area (TPSA) is 59.1 Å². The molecule has 0 aliphatic carbocycles. The molecule has 0 fully saturated rings. The van der Waals surface area contributed by atoms with E-state index in [0.717, 1.165) is 42.1 Å². The van der Waals surface area contributed by atoms with E-state index in [1.165, 1.54) is 6.07 Å². The number of aromatic nitrogens is 1. The predicted molar refractivity (Wildman–Crippen MR) is 99.1 cm³/mol. The zero-order chi connectivity index (χ0) is 20.4. The minimum atomic E-state index is -4.58. The lowest BCUT2D eigenvalue weighted by Crippen LogP contribution is -2.26. The van der Waals surface area contributed by atoms with Crippen molar-refractivity contribution in [2.45, 2.75) is 16.0 Å². The van der Waals surface area contributed by atoms with Crippen molar-refractivity contribution >= 4 is 32.7 Å². The first kappa shape index (κ1) is 20.6. The second kappa shape index (κ2) is 8.06. The molecule has 148 valence electrons. The molecule has 0 unspecified atom stereocenters. The fraction of sp³-hybridized carbons (Fsp3) is 0.167. The van der Waals surface area contributed by atoms with Crippen LogP contribution in [-0.2, 0) is 16.2 Å². The Hall–Kier alpha value is -2.17. The van der Waals surface area contributed by atoms with Crippen LogP contribution in [-0.4, -0.2) is 25.7 Å². The first-order valence-electron chi connectivity index (χ1n) is 8.02. The van der Waals surface area contributed by atoms with Gasteiger partial charge in [0.15, 0.2) is 0 Å². The molecule has 0 saturated carbocycles. The van der Waals surface area contributed by atoms with Crippen molar-refractivity contribution in [3.63, 3.8) is 0 Å². The third kappa shape index (κ3) is 4.81. The predicted octanol–water partition coefficient (Wildman–Crippen LogP) is 4.46. The van der Waals surface area contributed by atoms with Crippen LogP contribution in [0.2, 0.25) is 0 Å². The van der Waals surface area contributed by atoms with Crippen molar-refractivity contribution in [2.24, 2.45) is 0 Å². The lowest BCUT2D eigenvalue weighted by Gasteiger charge is -2.12. The first-order valence-corrected chi connectivity index (χ1v) is 10.5. The SMILES string of the molecule is O=S(=O)(NCCSc1cc(C(F)(F)F)nc2ccccc12)c1ccc(F)cc1. The lowest BCUT2D eigenvalue weighted by atomic mass is 10.2. The van der Waals surface area contributed by atoms with E-state index < -0.39 is 27.7 Å². The number of para-hydroxylation sites is 1. The Morgan fingerprint density at radius 3 is 2.39 bits per heavy atom. The Morgan fingerprint density at radius 1 is 1.04 bits per heavy atom. The summed E-state index contributed by atoms with van der Waals surface area (Å²) in [7, 11) is -3.83. The van der Waals surface area contributed by atoms with E-state index in [9.17, 15) is 26.0 Å².